The standard InChI is InChI=1S/C62H110O6/c1-4-7-10-13-16-19-22-24-26-28-29-30-31-32-33-34-36-37-40-43-46-49-52-55-61(64)67-58-59(57-66-60(63)54-51-48-45-42-39-21-18-15-12-9-6-3)68-62(65)56-53-50-47-44-41-38-35-27-25-23-20-17-14-11-8-5-2/h20,22-24,27-29,31-32,35,59H,4-19,21,25-26,30,33-34,36-58H2,1-3H3/b23-20-,24-22-,29-28-,32-31-,35-27-. The van der Waals surface area contributed by atoms with Crippen LogP contribution < -0.4 is 0 Å². The van der Waals surface area contributed by atoms with Gasteiger partial charge in [-0.2, -0.15) is 0 Å². The molecule has 0 radical (unpaired) electrons. The van der Waals surface area contributed by atoms with E-state index in [1.54, 1.807) is 0 Å². The zero-order chi connectivity index (χ0) is 49.3. The summed E-state index contributed by atoms with van der Waals surface area (Å²) in [6.07, 6.45) is 70.7. The number of unbranched alkanes of at least 4 members (excludes halogenated alkanes) is 32. The van der Waals surface area contributed by atoms with Gasteiger partial charge in [0.1, 0.15) is 13.2 Å². The molecule has 0 N–H and O–H groups in total. The number of hydrogen-bond donors (Lipinski definition) is 0. The van der Waals surface area contributed by atoms with E-state index in [4.69, 9.17) is 14.2 Å². The van der Waals surface area contributed by atoms with Crippen LogP contribution in [-0.2, 0) is 28.6 Å². The molecule has 6 nitrogen and oxygen atoms in total. The topological polar surface area (TPSA) is 78.9 Å². The summed E-state index contributed by atoms with van der Waals surface area (Å²) in [5.41, 5.74) is 0. The molecule has 0 aliphatic rings. The average molecular weight is 952 g/mol. The summed E-state index contributed by atoms with van der Waals surface area (Å²) in [6.45, 7) is 6.61. The van der Waals surface area contributed by atoms with Gasteiger partial charge in [0.15, 0.2) is 6.10 Å². The molecular weight excluding hydrogens is 841 g/mol. The highest BCUT2D eigenvalue weighted by Gasteiger charge is 2.19. The third-order valence-electron chi connectivity index (χ3n) is 12.7. The molecule has 0 aromatic rings. The van der Waals surface area contributed by atoms with Gasteiger partial charge in [-0.15, -0.1) is 0 Å². The van der Waals surface area contributed by atoms with Gasteiger partial charge in [0.05, 0.1) is 0 Å². The highest BCUT2D eigenvalue weighted by atomic mass is 16.6. The molecule has 1 unspecified atom stereocenters. The number of rotatable bonds is 53. The van der Waals surface area contributed by atoms with Crippen LogP contribution in [0.25, 0.3) is 0 Å². The Morgan fingerprint density at radius 3 is 0.838 bits per heavy atom. The number of carbonyl (C=O) groups excluding carboxylic acids is 3. The Morgan fingerprint density at radius 1 is 0.294 bits per heavy atom. The summed E-state index contributed by atoms with van der Waals surface area (Å²) in [6, 6.07) is 0. The van der Waals surface area contributed by atoms with Crippen molar-refractivity contribution in [2.75, 3.05) is 13.2 Å². The van der Waals surface area contributed by atoms with E-state index in [2.05, 4.69) is 81.5 Å². The normalized spacial score (nSPS) is 12.5. The Balaban J connectivity index is 4.32. The Hall–Kier alpha value is -2.89. The van der Waals surface area contributed by atoms with Crippen molar-refractivity contribution in [2.45, 2.75) is 303 Å². The Bertz CT molecular complexity index is 1230. The summed E-state index contributed by atoms with van der Waals surface area (Å²) >= 11 is 0. The SMILES string of the molecule is CCCCCC/C=C\C/C=C\CCCCCCCC(=O)OC(COC(=O)CCCCCCCCCC/C=C\C/C=C\C/C=C\CCCCCCC)COC(=O)CCCCCCCCCCCCC. The summed E-state index contributed by atoms with van der Waals surface area (Å²) in [4.78, 5) is 38.1. The largest absolute Gasteiger partial charge is 0.462 e. The van der Waals surface area contributed by atoms with Gasteiger partial charge in [-0.25, -0.2) is 0 Å². The molecule has 0 rings (SSSR count). The molecular formula is C62H110O6. The van der Waals surface area contributed by atoms with Crippen molar-refractivity contribution in [3.8, 4) is 0 Å². The number of allylic oxidation sites excluding steroid dienone is 10. The van der Waals surface area contributed by atoms with E-state index in [0.29, 0.717) is 19.3 Å². The fourth-order valence-electron chi connectivity index (χ4n) is 8.30. The van der Waals surface area contributed by atoms with Gasteiger partial charge in [-0.05, 0) is 89.9 Å². The lowest BCUT2D eigenvalue weighted by atomic mass is 10.1. The summed E-state index contributed by atoms with van der Waals surface area (Å²) in [7, 11) is 0. The molecule has 0 bridgehead atoms. The first-order chi connectivity index (χ1) is 33.5. The van der Waals surface area contributed by atoms with E-state index >= 15 is 0 Å². The minimum absolute atomic E-state index is 0.0801. The number of esters is 3. The lowest BCUT2D eigenvalue weighted by Gasteiger charge is -2.18. The maximum Gasteiger partial charge on any atom is 0.306 e. The second-order valence-corrected chi connectivity index (χ2v) is 19.6. The van der Waals surface area contributed by atoms with Crippen molar-refractivity contribution in [1.29, 1.82) is 0 Å². The van der Waals surface area contributed by atoms with Crippen LogP contribution in [-0.4, -0.2) is 37.2 Å². The van der Waals surface area contributed by atoms with Crippen molar-refractivity contribution in [1.82, 2.24) is 0 Å². The fraction of sp³-hybridized carbons (Fsp3) is 0.790. The minimum Gasteiger partial charge on any atom is -0.462 e. The maximum atomic E-state index is 12.8. The van der Waals surface area contributed by atoms with Gasteiger partial charge >= 0.3 is 17.9 Å². The van der Waals surface area contributed by atoms with Gasteiger partial charge in [-0.3, -0.25) is 14.4 Å². The van der Waals surface area contributed by atoms with Crippen LogP contribution in [0, 0.1) is 0 Å². The van der Waals surface area contributed by atoms with E-state index < -0.39 is 6.10 Å². The summed E-state index contributed by atoms with van der Waals surface area (Å²) in [5, 5.41) is 0. The summed E-state index contributed by atoms with van der Waals surface area (Å²) < 4.78 is 16.8. The van der Waals surface area contributed by atoms with E-state index in [9.17, 15) is 14.4 Å². The van der Waals surface area contributed by atoms with Crippen molar-refractivity contribution in [2.24, 2.45) is 0 Å². The number of hydrogen-bond acceptors (Lipinski definition) is 6. The van der Waals surface area contributed by atoms with Crippen LogP contribution in [0.4, 0.5) is 0 Å². The molecule has 0 saturated heterocycles. The van der Waals surface area contributed by atoms with Crippen LogP contribution in [0.15, 0.2) is 60.8 Å². The zero-order valence-electron chi connectivity index (χ0n) is 45.1. The minimum atomic E-state index is -0.783. The maximum absolute atomic E-state index is 12.8. The van der Waals surface area contributed by atoms with Gasteiger partial charge < -0.3 is 14.2 Å². The molecule has 0 heterocycles. The number of ether oxygens (including phenoxy) is 3. The lowest BCUT2D eigenvalue weighted by molar-refractivity contribution is -0.167. The lowest BCUT2D eigenvalue weighted by Crippen LogP contribution is -2.30. The van der Waals surface area contributed by atoms with Crippen molar-refractivity contribution < 1.29 is 28.6 Å². The van der Waals surface area contributed by atoms with Gasteiger partial charge in [0.25, 0.3) is 0 Å². The molecule has 0 fully saturated rings. The Morgan fingerprint density at radius 2 is 0.529 bits per heavy atom. The van der Waals surface area contributed by atoms with E-state index in [1.165, 1.54) is 154 Å². The summed E-state index contributed by atoms with van der Waals surface area (Å²) in [5.74, 6) is -0.892. The first kappa shape index (κ1) is 65.1. The molecule has 394 valence electrons. The Kier molecular flexibility index (Phi) is 54.3. The molecule has 0 aromatic heterocycles. The van der Waals surface area contributed by atoms with Crippen molar-refractivity contribution in [3.63, 3.8) is 0 Å². The van der Waals surface area contributed by atoms with Crippen LogP contribution >= 0.6 is 0 Å². The van der Waals surface area contributed by atoms with Crippen LogP contribution in [0.2, 0.25) is 0 Å². The number of carbonyl (C=O) groups is 3. The van der Waals surface area contributed by atoms with Crippen molar-refractivity contribution >= 4 is 17.9 Å². The molecule has 0 aliphatic carbocycles. The zero-order valence-corrected chi connectivity index (χ0v) is 45.1. The molecule has 0 aromatic carbocycles. The van der Waals surface area contributed by atoms with Crippen LogP contribution in [0.1, 0.15) is 297 Å². The first-order valence-corrected chi connectivity index (χ1v) is 29.3. The third-order valence-corrected chi connectivity index (χ3v) is 12.7. The first-order valence-electron chi connectivity index (χ1n) is 29.3. The molecule has 68 heavy (non-hydrogen) atoms. The van der Waals surface area contributed by atoms with E-state index in [1.807, 2.05) is 0 Å². The van der Waals surface area contributed by atoms with E-state index in [0.717, 1.165) is 103 Å². The third kappa shape index (κ3) is 54.1. The van der Waals surface area contributed by atoms with Crippen LogP contribution in [0.3, 0.4) is 0 Å². The highest BCUT2D eigenvalue weighted by Crippen LogP contribution is 2.15. The highest BCUT2D eigenvalue weighted by molar-refractivity contribution is 5.71. The molecule has 0 amide bonds. The van der Waals surface area contributed by atoms with Gasteiger partial charge in [0, 0.05) is 19.3 Å². The monoisotopic (exact) mass is 951 g/mol. The second kappa shape index (κ2) is 56.7. The van der Waals surface area contributed by atoms with E-state index in [-0.39, 0.29) is 31.1 Å². The molecule has 0 spiro atoms. The predicted molar refractivity (Wildman–Crippen MR) is 293 cm³/mol. The average Bonchev–Trinajstić information content (AvgIpc) is 3.34. The Labute approximate surface area is 421 Å². The quantitative estimate of drug-likeness (QED) is 0.0262. The second-order valence-electron chi connectivity index (χ2n) is 19.6. The molecule has 0 aliphatic heterocycles. The van der Waals surface area contributed by atoms with Crippen LogP contribution in [0.5, 0.6) is 0 Å². The fourth-order valence-corrected chi connectivity index (χ4v) is 8.30. The van der Waals surface area contributed by atoms with Gasteiger partial charge in [-0.1, -0.05) is 248 Å². The predicted octanol–water partition coefficient (Wildman–Crippen LogP) is 19.6. The van der Waals surface area contributed by atoms with Gasteiger partial charge in [0.2, 0.25) is 0 Å². The molecule has 1 atom stereocenters. The molecule has 0 saturated carbocycles. The van der Waals surface area contributed by atoms with Crippen molar-refractivity contribution in [3.05, 3.63) is 60.8 Å². The molecule has 6 heteroatoms. The smallest absolute Gasteiger partial charge is 0.306 e.